The van der Waals surface area contributed by atoms with Crippen molar-refractivity contribution in [3.05, 3.63) is 53.6 Å². The zero-order valence-electron chi connectivity index (χ0n) is 16.3. The fourth-order valence-corrected chi connectivity index (χ4v) is 3.84. The summed E-state index contributed by atoms with van der Waals surface area (Å²) >= 11 is 0. The van der Waals surface area contributed by atoms with Crippen molar-refractivity contribution in [3.63, 3.8) is 0 Å². The molecule has 0 unspecified atom stereocenters. The van der Waals surface area contributed by atoms with Gasteiger partial charge < -0.3 is 40.1 Å². The molecule has 1 heterocycles. The van der Waals surface area contributed by atoms with Crippen LogP contribution in [-0.2, 0) is 16.0 Å². The molecule has 1 aliphatic heterocycles. The number of carbonyl (C=O) groups excluding carboxylic acids is 1. The standard InChI is InChI=1S/C22H22O9/c23-12-8-15(25)13-10-18(31-21(28)22(29)6-2-1-3-19(22)27)20(30-17(13)9-12)11-4-5-14(24)16(26)7-11/h2,4-9,18-20,23-27,29H,1,3,10H2/t18-,19-,20+,22+/m0/s1. The Hall–Kier alpha value is -3.43. The molecule has 0 fully saturated rings. The van der Waals surface area contributed by atoms with E-state index in [1.807, 2.05) is 0 Å². The number of rotatable bonds is 3. The lowest BCUT2D eigenvalue weighted by molar-refractivity contribution is -0.182. The topological polar surface area (TPSA) is 157 Å². The molecule has 0 bridgehead atoms. The number of hydrogen-bond donors (Lipinski definition) is 6. The van der Waals surface area contributed by atoms with Crippen molar-refractivity contribution in [1.82, 2.24) is 0 Å². The van der Waals surface area contributed by atoms with Gasteiger partial charge in [-0.3, -0.25) is 0 Å². The number of ether oxygens (including phenoxy) is 2. The van der Waals surface area contributed by atoms with Gasteiger partial charge in [-0.1, -0.05) is 12.1 Å². The minimum Gasteiger partial charge on any atom is -0.508 e. The van der Waals surface area contributed by atoms with Crippen LogP contribution in [0.15, 0.2) is 42.5 Å². The lowest BCUT2D eigenvalue weighted by Crippen LogP contribution is -2.52. The first kappa shape index (κ1) is 20.8. The maximum absolute atomic E-state index is 12.8. The lowest BCUT2D eigenvalue weighted by atomic mass is 9.87. The molecule has 0 amide bonds. The fourth-order valence-electron chi connectivity index (χ4n) is 3.84. The van der Waals surface area contributed by atoms with Crippen LogP contribution in [0.25, 0.3) is 0 Å². The number of phenols is 4. The van der Waals surface area contributed by atoms with Gasteiger partial charge in [-0.2, -0.15) is 0 Å². The number of carbonyl (C=O) groups is 1. The van der Waals surface area contributed by atoms with Crippen molar-refractivity contribution in [2.24, 2.45) is 0 Å². The van der Waals surface area contributed by atoms with Gasteiger partial charge in [-0.25, -0.2) is 4.79 Å². The lowest BCUT2D eigenvalue weighted by Gasteiger charge is -2.37. The number of benzene rings is 2. The van der Waals surface area contributed by atoms with E-state index in [-0.39, 0.29) is 41.4 Å². The van der Waals surface area contributed by atoms with Crippen LogP contribution < -0.4 is 4.74 Å². The summed E-state index contributed by atoms with van der Waals surface area (Å²) in [7, 11) is 0. The number of phenolic OH excluding ortho intramolecular Hbond substituents is 4. The van der Waals surface area contributed by atoms with Crippen LogP contribution in [0.5, 0.6) is 28.7 Å². The molecule has 31 heavy (non-hydrogen) atoms. The van der Waals surface area contributed by atoms with Crippen LogP contribution in [0.2, 0.25) is 0 Å². The van der Waals surface area contributed by atoms with Crippen LogP contribution in [0, 0.1) is 0 Å². The summed E-state index contributed by atoms with van der Waals surface area (Å²) in [6.45, 7) is 0. The van der Waals surface area contributed by atoms with Crippen molar-refractivity contribution in [3.8, 4) is 28.7 Å². The quantitative estimate of drug-likeness (QED) is 0.241. The van der Waals surface area contributed by atoms with Gasteiger partial charge in [0.05, 0.1) is 6.10 Å². The van der Waals surface area contributed by atoms with Crippen LogP contribution in [0.1, 0.15) is 30.1 Å². The van der Waals surface area contributed by atoms with E-state index in [1.54, 1.807) is 6.08 Å². The molecule has 9 heteroatoms. The molecule has 9 nitrogen and oxygen atoms in total. The average Bonchev–Trinajstić information content (AvgIpc) is 2.72. The third-order valence-corrected chi connectivity index (χ3v) is 5.57. The number of aliphatic hydroxyl groups is 2. The summed E-state index contributed by atoms with van der Waals surface area (Å²) in [6, 6.07) is 6.34. The summed E-state index contributed by atoms with van der Waals surface area (Å²) < 4.78 is 11.4. The second-order valence-electron chi connectivity index (χ2n) is 7.70. The van der Waals surface area contributed by atoms with Gasteiger partial charge in [0.2, 0.25) is 5.60 Å². The number of aliphatic hydroxyl groups excluding tert-OH is 1. The van der Waals surface area contributed by atoms with Gasteiger partial charge in [0.15, 0.2) is 17.6 Å². The second-order valence-corrected chi connectivity index (χ2v) is 7.70. The third kappa shape index (κ3) is 3.73. The molecule has 2 aromatic rings. The Morgan fingerprint density at radius 2 is 1.84 bits per heavy atom. The van der Waals surface area contributed by atoms with E-state index in [1.165, 1.54) is 30.3 Å². The third-order valence-electron chi connectivity index (χ3n) is 5.57. The largest absolute Gasteiger partial charge is 0.508 e. The zero-order chi connectivity index (χ0) is 22.3. The van der Waals surface area contributed by atoms with E-state index in [0.29, 0.717) is 12.0 Å². The molecular formula is C22H22O9. The Morgan fingerprint density at radius 3 is 2.55 bits per heavy atom. The summed E-state index contributed by atoms with van der Waals surface area (Å²) in [4.78, 5) is 12.8. The van der Waals surface area contributed by atoms with E-state index < -0.39 is 35.6 Å². The average molecular weight is 430 g/mol. The molecule has 0 saturated carbocycles. The molecule has 2 aliphatic rings. The molecule has 0 saturated heterocycles. The van der Waals surface area contributed by atoms with Crippen LogP contribution in [0.4, 0.5) is 0 Å². The van der Waals surface area contributed by atoms with E-state index in [9.17, 15) is 35.4 Å². The highest BCUT2D eigenvalue weighted by Crippen LogP contribution is 2.44. The van der Waals surface area contributed by atoms with Crippen molar-refractivity contribution in [2.75, 3.05) is 0 Å². The van der Waals surface area contributed by atoms with Crippen molar-refractivity contribution >= 4 is 5.97 Å². The van der Waals surface area contributed by atoms with Crippen LogP contribution in [-0.4, -0.2) is 54.4 Å². The first-order valence-electron chi connectivity index (χ1n) is 9.71. The summed E-state index contributed by atoms with van der Waals surface area (Å²) in [5, 5.41) is 60.3. The van der Waals surface area contributed by atoms with Gasteiger partial charge in [0.1, 0.15) is 23.4 Å². The Morgan fingerprint density at radius 1 is 1.06 bits per heavy atom. The minimum absolute atomic E-state index is 0.0324. The summed E-state index contributed by atoms with van der Waals surface area (Å²) in [5.74, 6) is -2.20. The van der Waals surface area contributed by atoms with Gasteiger partial charge in [-0.05, 0) is 31.1 Å². The highest BCUT2D eigenvalue weighted by Gasteiger charge is 2.46. The van der Waals surface area contributed by atoms with Gasteiger partial charge in [-0.15, -0.1) is 0 Å². The van der Waals surface area contributed by atoms with Gasteiger partial charge in [0.25, 0.3) is 0 Å². The molecular weight excluding hydrogens is 408 g/mol. The summed E-state index contributed by atoms with van der Waals surface area (Å²) in [6.07, 6.45) is 0.00923. The molecule has 2 aromatic carbocycles. The molecule has 0 radical (unpaired) electrons. The molecule has 164 valence electrons. The second kappa shape index (κ2) is 7.68. The van der Waals surface area contributed by atoms with Crippen LogP contribution >= 0.6 is 0 Å². The van der Waals surface area contributed by atoms with E-state index in [2.05, 4.69) is 0 Å². The fraction of sp³-hybridized carbons (Fsp3) is 0.318. The zero-order valence-corrected chi connectivity index (χ0v) is 16.3. The highest BCUT2D eigenvalue weighted by molar-refractivity contribution is 5.83. The number of hydrogen-bond acceptors (Lipinski definition) is 9. The maximum Gasteiger partial charge on any atom is 0.345 e. The number of aromatic hydroxyl groups is 4. The minimum atomic E-state index is -2.23. The summed E-state index contributed by atoms with van der Waals surface area (Å²) in [5.41, 5.74) is -1.60. The molecule has 1 aliphatic carbocycles. The smallest absolute Gasteiger partial charge is 0.345 e. The molecule has 4 atom stereocenters. The maximum atomic E-state index is 12.8. The van der Waals surface area contributed by atoms with Gasteiger partial charge in [0, 0.05) is 29.7 Å². The molecule has 4 rings (SSSR count). The number of allylic oxidation sites excluding steroid dienone is 1. The van der Waals surface area contributed by atoms with Crippen LogP contribution in [0.3, 0.4) is 0 Å². The Bertz CT molecular complexity index is 1050. The van der Waals surface area contributed by atoms with Crippen molar-refractivity contribution in [2.45, 2.75) is 43.2 Å². The normalized spacial score (nSPS) is 27.2. The SMILES string of the molecule is O=C(O[C@H]1Cc2c(O)cc(O)cc2O[C@@H]1c1ccc(O)c(O)c1)[C@@]1(O)C=CCC[C@@H]1O. The highest BCUT2D eigenvalue weighted by atomic mass is 16.6. The number of esters is 1. The Kier molecular flexibility index (Phi) is 5.16. The first-order valence-corrected chi connectivity index (χ1v) is 9.71. The number of fused-ring (bicyclic) bond motifs is 1. The van der Waals surface area contributed by atoms with Crippen molar-refractivity contribution in [1.29, 1.82) is 0 Å². The van der Waals surface area contributed by atoms with Gasteiger partial charge >= 0.3 is 5.97 Å². The van der Waals surface area contributed by atoms with E-state index >= 15 is 0 Å². The Balaban J connectivity index is 1.71. The molecule has 0 aromatic heterocycles. The van der Waals surface area contributed by atoms with E-state index in [0.717, 1.165) is 6.07 Å². The predicted molar refractivity (Wildman–Crippen MR) is 106 cm³/mol. The predicted octanol–water partition coefficient (Wildman–Crippen LogP) is 1.54. The molecule has 0 spiro atoms. The van der Waals surface area contributed by atoms with Crippen molar-refractivity contribution < 1.29 is 44.9 Å². The Labute approximate surface area is 177 Å². The first-order chi connectivity index (χ1) is 14.7. The van der Waals surface area contributed by atoms with E-state index in [4.69, 9.17) is 9.47 Å². The monoisotopic (exact) mass is 430 g/mol. The molecule has 6 N–H and O–H groups in total.